The Kier molecular flexibility index (Phi) is 5.24. The smallest absolute Gasteiger partial charge is 0.265 e. The topological polar surface area (TPSA) is 64.0 Å². The van der Waals surface area contributed by atoms with Crippen LogP contribution in [-0.4, -0.2) is 21.5 Å². The maximum atomic E-state index is 12.9. The van der Waals surface area contributed by atoms with Gasteiger partial charge in [0.15, 0.2) is 0 Å². The number of fused-ring (bicyclic) bond motifs is 1. The van der Waals surface area contributed by atoms with Gasteiger partial charge in [-0.2, -0.15) is 0 Å². The Balaban J connectivity index is 1.59. The van der Waals surface area contributed by atoms with Crippen LogP contribution in [0.4, 0.5) is 0 Å². The number of benzene rings is 2. The molecule has 1 amide bonds. The lowest BCUT2D eigenvalue weighted by Gasteiger charge is -2.16. The normalized spacial score (nSPS) is 15.3. The molecule has 0 atom stereocenters. The van der Waals surface area contributed by atoms with Gasteiger partial charge in [0, 0.05) is 11.6 Å². The Morgan fingerprint density at radius 1 is 1.00 bits per heavy atom. The number of para-hydroxylation sites is 1. The first-order valence-electron chi connectivity index (χ1n) is 10.0. The van der Waals surface area contributed by atoms with E-state index in [1.807, 2.05) is 37.3 Å². The molecule has 5 nitrogen and oxygen atoms in total. The third-order valence-corrected chi connectivity index (χ3v) is 5.52. The van der Waals surface area contributed by atoms with E-state index >= 15 is 0 Å². The quantitative estimate of drug-likeness (QED) is 0.700. The largest absolute Gasteiger partial charge is 0.349 e. The van der Waals surface area contributed by atoms with E-state index in [0.29, 0.717) is 28.0 Å². The number of hydrogen-bond acceptors (Lipinski definition) is 3. The molecule has 144 valence electrons. The Morgan fingerprint density at radius 3 is 2.39 bits per heavy atom. The zero-order valence-electron chi connectivity index (χ0n) is 16.1. The molecule has 1 fully saturated rings. The van der Waals surface area contributed by atoms with Crippen molar-refractivity contribution in [2.75, 3.05) is 0 Å². The zero-order valence-corrected chi connectivity index (χ0v) is 16.1. The van der Waals surface area contributed by atoms with Crippen molar-refractivity contribution in [3.8, 4) is 5.69 Å². The molecular weight excluding hydrogens is 350 g/mol. The van der Waals surface area contributed by atoms with Gasteiger partial charge in [0.1, 0.15) is 5.82 Å². The summed E-state index contributed by atoms with van der Waals surface area (Å²) in [6.07, 6.45) is 6.99. The Labute approximate surface area is 164 Å². The van der Waals surface area contributed by atoms with Gasteiger partial charge in [0.2, 0.25) is 0 Å². The van der Waals surface area contributed by atoms with Crippen LogP contribution in [0.25, 0.3) is 16.6 Å². The molecule has 0 radical (unpaired) electrons. The van der Waals surface area contributed by atoms with Crippen molar-refractivity contribution in [3.63, 3.8) is 0 Å². The highest BCUT2D eigenvalue weighted by Crippen LogP contribution is 2.18. The average Bonchev–Trinajstić information content (AvgIpc) is 2.97. The number of carbonyl (C=O) groups is 1. The van der Waals surface area contributed by atoms with Gasteiger partial charge in [-0.05, 0) is 56.2 Å². The molecule has 1 aromatic heterocycles. The van der Waals surface area contributed by atoms with Gasteiger partial charge in [-0.25, -0.2) is 4.98 Å². The second-order valence-corrected chi connectivity index (χ2v) is 7.53. The highest BCUT2D eigenvalue weighted by molar-refractivity contribution is 5.94. The predicted octanol–water partition coefficient (Wildman–Crippen LogP) is 4.15. The first kappa shape index (κ1) is 18.4. The van der Waals surface area contributed by atoms with E-state index in [4.69, 9.17) is 0 Å². The number of amides is 1. The van der Waals surface area contributed by atoms with E-state index in [1.165, 1.54) is 25.7 Å². The average molecular weight is 375 g/mol. The molecule has 0 spiro atoms. The van der Waals surface area contributed by atoms with Crippen molar-refractivity contribution >= 4 is 16.8 Å². The van der Waals surface area contributed by atoms with Crippen molar-refractivity contribution in [3.05, 3.63) is 70.3 Å². The van der Waals surface area contributed by atoms with Gasteiger partial charge >= 0.3 is 0 Å². The highest BCUT2D eigenvalue weighted by atomic mass is 16.1. The number of carbonyl (C=O) groups excluding carboxylic acids is 1. The molecule has 5 heteroatoms. The lowest BCUT2D eigenvalue weighted by Crippen LogP contribution is -2.34. The van der Waals surface area contributed by atoms with Crippen molar-refractivity contribution in [2.24, 2.45) is 0 Å². The maximum absolute atomic E-state index is 12.9. The van der Waals surface area contributed by atoms with Gasteiger partial charge in [0.25, 0.3) is 11.5 Å². The number of aromatic nitrogens is 2. The first-order chi connectivity index (χ1) is 13.6. The molecule has 1 aliphatic rings. The monoisotopic (exact) mass is 375 g/mol. The molecule has 4 rings (SSSR count). The number of nitrogens with zero attached hydrogens (tertiary/aromatic N) is 2. The molecule has 2 aromatic carbocycles. The van der Waals surface area contributed by atoms with Crippen molar-refractivity contribution < 1.29 is 4.79 Å². The lowest BCUT2D eigenvalue weighted by molar-refractivity contribution is 0.0933. The van der Waals surface area contributed by atoms with Crippen LogP contribution >= 0.6 is 0 Å². The molecule has 1 heterocycles. The van der Waals surface area contributed by atoms with Crippen LogP contribution in [0.5, 0.6) is 0 Å². The second-order valence-electron chi connectivity index (χ2n) is 7.53. The summed E-state index contributed by atoms with van der Waals surface area (Å²) in [4.78, 5) is 30.0. The summed E-state index contributed by atoms with van der Waals surface area (Å²) in [5, 5.41) is 3.75. The molecule has 0 saturated heterocycles. The second kappa shape index (κ2) is 7.97. The first-order valence-corrected chi connectivity index (χ1v) is 10.0. The van der Waals surface area contributed by atoms with E-state index < -0.39 is 0 Å². The van der Waals surface area contributed by atoms with Crippen LogP contribution in [0.1, 0.15) is 54.7 Å². The molecule has 0 bridgehead atoms. The summed E-state index contributed by atoms with van der Waals surface area (Å²) in [5.74, 6) is 0.582. The standard InChI is InChI=1S/C23H25N3O2/c1-16-24-21-11-7-6-10-20(21)23(28)26(16)19-14-12-17(13-15-19)22(27)25-18-8-4-2-3-5-9-18/h6-7,10-15,18H,2-5,8-9H2,1H3,(H,25,27). The van der Waals surface area contributed by atoms with Crippen LogP contribution < -0.4 is 10.9 Å². The fourth-order valence-corrected chi connectivity index (χ4v) is 4.00. The summed E-state index contributed by atoms with van der Waals surface area (Å²) >= 11 is 0. The molecule has 1 saturated carbocycles. The van der Waals surface area contributed by atoms with Crippen LogP contribution in [0.3, 0.4) is 0 Å². The maximum Gasteiger partial charge on any atom is 0.265 e. The van der Waals surface area contributed by atoms with E-state index in [1.54, 1.807) is 22.8 Å². The Morgan fingerprint density at radius 2 is 1.68 bits per heavy atom. The SMILES string of the molecule is Cc1nc2ccccc2c(=O)n1-c1ccc(C(=O)NC2CCCCCC2)cc1. The minimum atomic E-state index is -0.0984. The van der Waals surface area contributed by atoms with Gasteiger partial charge in [-0.3, -0.25) is 14.2 Å². The summed E-state index contributed by atoms with van der Waals surface area (Å²) in [6.45, 7) is 1.82. The molecular formula is C23H25N3O2. The van der Waals surface area contributed by atoms with Gasteiger partial charge in [0.05, 0.1) is 16.6 Å². The van der Waals surface area contributed by atoms with Gasteiger partial charge < -0.3 is 5.32 Å². The predicted molar refractivity (Wildman–Crippen MR) is 111 cm³/mol. The van der Waals surface area contributed by atoms with E-state index in [9.17, 15) is 9.59 Å². The van der Waals surface area contributed by atoms with Crippen LogP contribution in [0.2, 0.25) is 0 Å². The fraction of sp³-hybridized carbons (Fsp3) is 0.348. The van der Waals surface area contributed by atoms with Crippen LogP contribution in [-0.2, 0) is 0 Å². The van der Waals surface area contributed by atoms with E-state index in [-0.39, 0.29) is 17.5 Å². The van der Waals surface area contributed by atoms with Crippen molar-refractivity contribution in [1.29, 1.82) is 0 Å². The third-order valence-electron chi connectivity index (χ3n) is 5.52. The molecule has 28 heavy (non-hydrogen) atoms. The highest BCUT2D eigenvalue weighted by Gasteiger charge is 2.16. The minimum Gasteiger partial charge on any atom is -0.349 e. The fourth-order valence-electron chi connectivity index (χ4n) is 4.00. The summed E-state index contributed by atoms with van der Waals surface area (Å²) < 4.78 is 1.59. The molecule has 1 aliphatic carbocycles. The summed E-state index contributed by atoms with van der Waals surface area (Å²) in [7, 11) is 0. The zero-order chi connectivity index (χ0) is 19.5. The number of aryl methyl sites for hydroxylation is 1. The lowest BCUT2D eigenvalue weighted by atomic mass is 10.1. The molecule has 0 aliphatic heterocycles. The summed E-state index contributed by atoms with van der Waals surface area (Å²) in [5.41, 5.74) is 1.93. The molecule has 3 aromatic rings. The van der Waals surface area contributed by atoms with Crippen molar-refractivity contribution in [1.82, 2.24) is 14.9 Å². The molecule has 0 unspecified atom stereocenters. The number of hydrogen-bond donors (Lipinski definition) is 1. The van der Waals surface area contributed by atoms with E-state index in [2.05, 4.69) is 10.3 Å². The number of nitrogens with one attached hydrogen (secondary N) is 1. The minimum absolute atomic E-state index is 0.0424. The number of rotatable bonds is 3. The van der Waals surface area contributed by atoms with Crippen LogP contribution in [0, 0.1) is 6.92 Å². The summed E-state index contributed by atoms with van der Waals surface area (Å²) in [6, 6.07) is 14.8. The van der Waals surface area contributed by atoms with Gasteiger partial charge in [-0.15, -0.1) is 0 Å². The Hall–Kier alpha value is -2.95. The van der Waals surface area contributed by atoms with E-state index in [0.717, 1.165) is 12.8 Å². The Bertz CT molecular complexity index is 1050. The molecule has 1 N–H and O–H groups in total. The third kappa shape index (κ3) is 3.70. The van der Waals surface area contributed by atoms with Crippen LogP contribution in [0.15, 0.2) is 53.3 Å². The van der Waals surface area contributed by atoms with Crippen molar-refractivity contribution in [2.45, 2.75) is 51.5 Å². The van der Waals surface area contributed by atoms with Gasteiger partial charge in [-0.1, -0.05) is 37.8 Å².